The Kier molecular flexibility index (Phi) is 4.79. The molecule has 25 heavy (non-hydrogen) atoms. The Balaban J connectivity index is 1.46. The lowest BCUT2D eigenvalue weighted by Crippen LogP contribution is -2.42. The van der Waals surface area contributed by atoms with Crippen molar-refractivity contribution in [3.05, 3.63) is 54.4 Å². The quantitative estimate of drug-likeness (QED) is 0.859. The molecular formula is C21H25N3O. The van der Waals surface area contributed by atoms with Crippen LogP contribution in [0.1, 0.15) is 36.0 Å². The highest BCUT2D eigenvalue weighted by Gasteiger charge is 2.31. The van der Waals surface area contributed by atoms with Crippen molar-refractivity contribution in [2.45, 2.75) is 31.7 Å². The average Bonchev–Trinajstić information content (AvgIpc) is 3.34. The molecule has 1 unspecified atom stereocenters. The molecule has 1 amide bonds. The van der Waals surface area contributed by atoms with Gasteiger partial charge in [-0.05, 0) is 74.2 Å². The second-order valence-corrected chi connectivity index (χ2v) is 7.12. The number of rotatable bonds is 4. The van der Waals surface area contributed by atoms with Crippen molar-refractivity contribution in [2.75, 3.05) is 26.2 Å². The number of hydrogen-bond acceptors (Lipinski definition) is 3. The van der Waals surface area contributed by atoms with Gasteiger partial charge in [0.15, 0.2) is 0 Å². The van der Waals surface area contributed by atoms with E-state index in [-0.39, 0.29) is 5.91 Å². The van der Waals surface area contributed by atoms with Crippen molar-refractivity contribution in [1.29, 1.82) is 0 Å². The van der Waals surface area contributed by atoms with E-state index in [1.165, 1.54) is 25.9 Å². The van der Waals surface area contributed by atoms with E-state index in [9.17, 15) is 4.79 Å². The monoisotopic (exact) mass is 335 g/mol. The Labute approximate surface area is 149 Å². The normalized spacial score (nSPS) is 21.0. The van der Waals surface area contributed by atoms with Gasteiger partial charge in [-0.15, -0.1) is 0 Å². The van der Waals surface area contributed by atoms with E-state index >= 15 is 0 Å². The molecule has 0 aliphatic carbocycles. The molecule has 0 radical (unpaired) electrons. The molecule has 2 aliphatic rings. The lowest BCUT2D eigenvalue weighted by molar-refractivity contribution is 0.0709. The molecule has 2 fully saturated rings. The van der Waals surface area contributed by atoms with Crippen LogP contribution in [0.15, 0.2) is 48.8 Å². The van der Waals surface area contributed by atoms with Gasteiger partial charge in [-0.2, -0.15) is 0 Å². The maximum Gasteiger partial charge on any atom is 0.254 e. The molecule has 3 heterocycles. The molecule has 1 aromatic carbocycles. The summed E-state index contributed by atoms with van der Waals surface area (Å²) in [6, 6.07) is 12.4. The van der Waals surface area contributed by atoms with Crippen LogP contribution in [0.2, 0.25) is 0 Å². The summed E-state index contributed by atoms with van der Waals surface area (Å²) in [4.78, 5) is 21.6. The van der Waals surface area contributed by atoms with E-state index in [4.69, 9.17) is 0 Å². The first-order chi connectivity index (χ1) is 12.3. The maximum absolute atomic E-state index is 13.0. The zero-order valence-corrected chi connectivity index (χ0v) is 14.6. The lowest BCUT2D eigenvalue weighted by atomic mass is 10.0. The first-order valence-corrected chi connectivity index (χ1v) is 9.35. The standard InChI is InChI=1S/C21H25N3O/c25-21(24-15-3-4-20(24)16-23-13-1-2-14-23)19-7-5-17(6-8-19)18-9-11-22-12-10-18/h5-12,20H,1-4,13-16H2. The molecule has 130 valence electrons. The molecule has 4 rings (SSSR count). The van der Waals surface area contributed by atoms with Gasteiger partial charge < -0.3 is 9.80 Å². The van der Waals surface area contributed by atoms with Crippen LogP contribution in [0, 0.1) is 0 Å². The van der Waals surface area contributed by atoms with E-state index < -0.39 is 0 Å². The van der Waals surface area contributed by atoms with Gasteiger partial charge in [-0.3, -0.25) is 9.78 Å². The Morgan fingerprint density at radius 3 is 2.32 bits per heavy atom. The fourth-order valence-corrected chi connectivity index (χ4v) is 4.07. The van der Waals surface area contributed by atoms with Crippen molar-refractivity contribution in [3.8, 4) is 11.1 Å². The van der Waals surface area contributed by atoms with Crippen molar-refractivity contribution < 1.29 is 4.79 Å². The van der Waals surface area contributed by atoms with Crippen molar-refractivity contribution >= 4 is 5.91 Å². The summed E-state index contributed by atoms with van der Waals surface area (Å²) in [7, 11) is 0. The molecule has 1 aromatic heterocycles. The summed E-state index contributed by atoms with van der Waals surface area (Å²) in [5.74, 6) is 0.183. The van der Waals surface area contributed by atoms with Crippen LogP contribution in [0.4, 0.5) is 0 Å². The summed E-state index contributed by atoms with van der Waals surface area (Å²) < 4.78 is 0. The fourth-order valence-electron chi connectivity index (χ4n) is 4.07. The number of carbonyl (C=O) groups is 1. The number of nitrogens with zero attached hydrogens (tertiary/aromatic N) is 3. The third-order valence-corrected chi connectivity index (χ3v) is 5.45. The smallest absolute Gasteiger partial charge is 0.254 e. The van der Waals surface area contributed by atoms with Crippen molar-refractivity contribution in [3.63, 3.8) is 0 Å². The zero-order valence-electron chi connectivity index (χ0n) is 14.6. The maximum atomic E-state index is 13.0. The second-order valence-electron chi connectivity index (χ2n) is 7.12. The SMILES string of the molecule is O=C(c1ccc(-c2ccncc2)cc1)N1CCCC1CN1CCCC1. The molecule has 1 atom stereocenters. The Morgan fingerprint density at radius 2 is 1.60 bits per heavy atom. The number of aromatic nitrogens is 1. The van der Waals surface area contributed by atoms with Gasteiger partial charge in [0, 0.05) is 37.1 Å². The van der Waals surface area contributed by atoms with Crippen LogP contribution in [0.5, 0.6) is 0 Å². The van der Waals surface area contributed by atoms with Crippen molar-refractivity contribution in [2.24, 2.45) is 0 Å². The van der Waals surface area contributed by atoms with Gasteiger partial charge in [-0.25, -0.2) is 0 Å². The van der Waals surface area contributed by atoms with E-state index in [1.54, 1.807) is 12.4 Å². The predicted molar refractivity (Wildman–Crippen MR) is 99.4 cm³/mol. The fraction of sp³-hybridized carbons (Fsp3) is 0.429. The first-order valence-electron chi connectivity index (χ1n) is 9.35. The summed E-state index contributed by atoms with van der Waals surface area (Å²) in [5, 5.41) is 0. The molecular weight excluding hydrogens is 310 g/mol. The lowest BCUT2D eigenvalue weighted by Gasteiger charge is -2.28. The Hall–Kier alpha value is -2.20. The van der Waals surface area contributed by atoms with E-state index in [0.717, 1.165) is 42.6 Å². The highest BCUT2D eigenvalue weighted by atomic mass is 16.2. The summed E-state index contributed by atoms with van der Waals surface area (Å²) in [6.07, 6.45) is 8.45. The number of pyridine rings is 1. The Bertz CT molecular complexity index is 708. The molecule has 0 saturated carbocycles. The number of carbonyl (C=O) groups excluding carboxylic acids is 1. The minimum Gasteiger partial charge on any atom is -0.334 e. The molecule has 2 saturated heterocycles. The van der Waals surface area contributed by atoms with E-state index in [2.05, 4.69) is 14.8 Å². The molecule has 2 aromatic rings. The van der Waals surface area contributed by atoms with Gasteiger partial charge in [0.05, 0.1) is 0 Å². The molecule has 0 spiro atoms. The van der Waals surface area contributed by atoms with Crippen molar-refractivity contribution in [1.82, 2.24) is 14.8 Å². The highest BCUT2D eigenvalue weighted by Crippen LogP contribution is 2.24. The van der Waals surface area contributed by atoms with Gasteiger partial charge >= 0.3 is 0 Å². The van der Waals surface area contributed by atoms with Crippen LogP contribution >= 0.6 is 0 Å². The van der Waals surface area contributed by atoms with Crippen LogP contribution in [-0.4, -0.2) is 52.9 Å². The number of hydrogen-bond donors (Lipinski definition) is 0. The third-order valence-electron chi connectivity index (χ3n) is 5.45. The molecule has 0 bridgehead atoms. The predicted octanol–water partition coefficient (Wildman–Crippen LogP) is 3.45. The van der Waals surface area contributed by atoms with Gasteiger partial charge in [-0.1, -0.05) is 12.1 Å². The van der Waals surface area contributed by atoms with E-state index in [1.807, 2.05) is 36.4 Å². The largest absolute Gasteiger partial charge is 0.334 e. The summed E-state index contributed by atoms with van der Waals surface area (Å²) in [6.45, 7) is 4.32. The first kappa shape index (κ1) is 16.3. The van der Waals surface area contributed by atoms with E-state index in [0.29, 0.717) is 6.04 Å². The minimum atomic E-state index is 0.183. The topological polar surface area (TPSA) is 36.4 Å². The van der Waals surface area contributed by atoms with Crippen LogP contribution < -0.4 is 0 Å². The van der Waals surface area contributed by atoms with Crippen LogP contribution in [0.25, 0.3) is 11.1 Å². The number of amides is 1. The third kappa shape index (κ3) is 3.59. The molecule has 0 N–H and O–H groups in total. The summed E-state index contributed by atoms with van der Waals surface area (Å²) in [5.41, 5.74) is 3.04. The minimum absolute atomic E-state index is 0.183. The van der Waals surface area contributed by atoms with Gasteiger partial charge in [0.2, 0.25) is 0 Å². The van der Waals surface area contributed by atoms with Crippen LogP contribution in [-0.2, 0) is 0 Å². The number of likely N-dealkylation sites (tertiary alicyclic amines) is 2. The Morgan fingerprint density at radius 1 is 0.920 bits per heavy atom. The molecule has 2 aliphatic heterocycles. The average molecular weight is 335 g/mol. The second kappa shape index (κ2) is 7.36. The summed E-state index contributed by atoms with van der Waals surface area (Å²) >= 11 is 0. The highest BCUT2D eigenvalue weighted by molar-refractivity contribution is 5.95. The number of benzene rings is 1. The van der Waals surface area contributed by atoms with Gasteiger partial charge in [0.25, 0.3) is 5.91 Å². The van der Waals surface area contributed by atoms with Gasteiger partial charge in [0.1, 0.15) is 0 Å². The molecule has 4 nitrogen and oxygen atoms in total. The van der Waals surface area contributed by atoms with Crippen LogP contribution in [0.3, 0.4) is 0 Å². The zero-order chi connectivity index (χ0) is 17.1. The molecule has 4 heteroatoms.